The summed E-state index contributed by atoms with van der Waals surface area (Å²) in [5.41, 5.74) is 6.44. The van der Waals surface area contributed by atoms with Gasteiger partial charge in [0.2, 0.25) is 17.7 Å². The normalized spacial score (nSPS) is 14.4. The Morgan fingerprint density at radius 3 is 2.14 bits per heavy atom. The fraction of sp³-hybridized carbons (Fsp3) is 0.619. The van der Waals surface area contributed by atoms with Crippen molar-refractivity contribution in [2.24, 2.45) is 11.7 Å². The van der Waals surface area contributed by atoms with Crippen molar-refractivity contribution in [2.75, 3.05) is 12.0 Å². The molecule has 0 saturated carbocycles. The number of hydrogen-bond acceptors (Lipinski definition) is 8. The number of rotatable bonds is 16. The van der Waals surface area contributed by atoms with Gasteiger partial charge in [-0.15, -0.1) is 0 Å². The predicted molar refractivity (Wildman–Crippen MR) is 128 cm³/mol. The minimum Gasteiger partial charge on any atom is -0.481 e. The van der Waals surface area contributed by atoms with Crippen molar-refractivity contribution in [3.8, 4) is 0 Å². The molecule has 1 aromatic heterocycles. The van der Waals surface area contributed by atoms with Crippen LogP contribution in [0.1, 0.15) is 38.8 Å². The number of carbonyl (C=O) groups is 5. The van der Waals surface area contributed by atoms with Crippen LogP contribution in [-0.4, -0.2) is 86.0 Å². The maximum atomic E-state index is 12.9. The summed E-state index contributed by atoms with van der Waals surface area (Å²) in [6.07, 6.45) is 4.40. The van der Waals surface area contributed by atoms with Crippen LogP contribution in [0.4, 0.5) is 0 Å². The van der Waals surface area contributed by atoms with E-state index in [2.05, 4.69) is 25.9 Å². The third kappa shape index (κ3) is 11.2. The number of thioether (sulfide) groups is 1. The molecule has 3 amide bonds. The average Bonchev–Trinajstić information content (AvgIpc) is 3.27. The third-order valence-electron chi connectivity index (χ3n) is 4.91. The number of aliphatic carboxylic acids is 2. The summed E-state index contributed by atoms with van der Waals surface area (Å²) in [6.45, 7) is 3.61. The molecule has 4 atom stereocenters. The molecule has 4 unspecified atom stereocenters. The van der Waals surface area contributed by atoms with E-state index in [4.69, 9.17) is 5.73 Å². The number of carboxylic acid groups (broad SMARTS) is 2. The summed E-state index contributed by atoms with van der Waals surface area (Å²) in [5, 5.41) is 25.8. The zero-order valence-corrected chi connectivity index (χ0v) is 20.8. The fourth-order valence-electron chi connectivity index (χ4n) is 3.13. The minimum absolute atomic E-state index is 0.0594. The molecule has 13 nitrogen and oxygen atoms in total. The Bertz CT molecular complexity index is 864. The lowest BCUT2D eigenvalue weighted by Gasteiger charge is -2.25. The van der Waals surface area contributed by atoms with Crippen LogP contribution >= 0.6 is 11.8 Å². The monoisotopic (exact) mass is 514 g/mol. The molecular formula is C21H34N6O7S. The van der Waals surface area contributed by atoms with Crippen molar-refractivity contribution in [2.45, 2.75) is 63.7 Å². The van der Waals surface area contributed by atoms with Gasteiger partial charge in [-0.05, 0) is 30.8 Å². The first-order chi connectivity index (χ1) is 16.4. The molecule has 1 rings (SSSR count). The molecule has 0 radical (unpaired) electrons. The maximum Gasteiger partial charge on any atom is 0.326 e. The molecule has 0 aromatic carbocycles. The summed E-state index contributed by atoms with van der Waals surface area (Å²) in [4.78, 5) is 67.6. The lowest BCUT2D eigenvalue weighted by molar-refractivity contribution is -0.143. The Labute approximate surface area is 207 Å². The van der Waals surface area contributed by atoms with Gasteiger partial charge in [-0.1, -0.05) is 13.8 Å². The number of nitrogens with two attached hydrogens (primary N) is 1. The van der Waals surface area contributed by atoms with Crippen LogP contribution in [0.3, 0.4) is 0 Å². The molecule has 0 fully saturated rings. The minimum atomic E-state index is -1.50. The van der Waals surface area contributed by atoms with E-state index in [0.717, 1.165) is 0 Å². The van der Waals surface area contributed by atoms with Crippen molar-refractivity contribution < 1.29 is 34.2 Å². The number of H-pyrrole nitrogens is 1. The zero-order valence-electron chi connectivity index (χ0n) is 19.9. The molecule has 0 aliphatic heterocycles. The Morgan fingerprint density at radius 2 is 1.63 bits per heavy atom. The highest BCUT2D eigenvalue weighted by Gasteiger charge is 2.31. The van der Waals surface area contributed by atoms with Crippen LogP contribution in [-0.2, 0) is 30.4 Å². The zero-order chi connectivity index (χ0) is 26.5. The Morgan fingerprint density at radius 1 is 1.03 bits per heavy atom. The molecule has 0 saturated heterocycles. The topological polar surface area (TPSA) is 217 Å². The standard InChI is InChI=1S/C21H34N6O7S/c1-11(2)6-15(19(31)25-14(21(33)34)4-5-35-3)27-20(32)16(8-17(28)29)26-18(30)13(22)7-12-9-23-10-24-12/h9-11,13-16H,4-8,22H2,1-3H3,(H,23,24)(H,25,31)(H,26,30)(H,27,32)(H,28,29)(H,33,34). The molecule has 14 heteroatoms. The van der Waals surface area contributed by atoms with Gasteiger partial charge >= 0.3 is 11.9 Å². The van der Waals surface area contributed by atoms with Crippen LogP contribution < -0.4 is 21.7 Å². The number of carbonyl (C=O) groups excluding carboxylic acids is 3. The lowest BCUT2D eigenvalue weighted by Crippen LogP contribution is -2.58. The number of aromatic amines is 1. The molecule has 0 aliphatic rings. The highest BCUT2D eigenvalue weighted by Crippen LogP contribution is 2.09. The van der Waals surface area contributed by atoms with Crippen LogP contribution in [0.5, 0.6) is 0 Å². The molecule has 0 spiro atoms. The molecule has 1 aromatic rings. The van der Waals surface area contributed by atoms with Gasteiger partial charge in [-0.3, -0.25) is 19.2 Å². The smallest absolute Gasteiger partial charge is 0.326 e. The number of aromatic nitrogens is 2. The molecule has 0 aliphatic carbocycles. The first-order valence-electron chi connectivity index (χ1n) is 11.0. The van der Waals surface area contributed by atoms with Gasteiger partial charge in [0.05, 0.1) is 18.8 Å². The van der Waals surface area contributed by atoms with E-state index < -0.39 is 60.2 Å². The van der Waals surface area contributed by atoms with E-state index in [9.17, 15) is 34.2 Å². The highest BCUT2D eigenvalue weighted by atomic mass is 32.2. The Balaban J connectivity index is 2.93. The molecular weight excluding hydrogens is 480 g/mol. The van der Waals surface area contributed by atoms with Crippen molar-refractivity contribution in [1.82, 2.24) is 25.9 Å². The van der Waals surface area contributed by atoms with Gasteiger partial charge < -0.3 is 36.9 Å². The summed E-state index contributed by atoms with van der Waals surface area (Å²) >= 11 is 1.43. The maximum absolute atomic E-state index is 12.9. The van der Waals surface area contributed by atoms with Crippen molar-refractivity contribution in [1.29, 1.82) is 0 Å². The summed E-state index contributed by atoms with van der Waals surface area (Å²) in [5.74, 6) is -4.47. The van der Waals surface area contributed by atoms with Crippen LogP contribution in [0.2, 0.25) is 0 Å². The third-order valence-corrected chi connectivity index (χ3v) is 5.55. The first-order valence-corrected chi connectivity index (χ1v) is 12.4. The van der Waals surface area contributed by atoms with Crippen molar-refractivity contribution >= 4 is 41.4 Å². The molecule has 8 N–H and O–H groups in total. The summed E-state index contributed by atoms with van der Waals surface area (Å²) < 4.78 is 0. The number of amides is 3. The van der Waals surface area contributed by atoms with Gasteiger partial charge in [-0.25, -0.2) is 9.78 Å². The van der Waals surface area contributed by atoms with Gasteiger partial charge in [0.25, 0.3) is 0 Å². The largest absolute Gasteiger partial charge is 0.481 e. The second-order valence-electron chi connectivity index (χ2n) is 8.42. The van der Waals surface area contributed by atoms with Crippen molar-refractivity contribution in [3.63, 3.8) is 0 Å². The Kier molecular flexibility index (Phi) is 12.8. The average molecular weight is 515 g/mol. The SMILES string of the molecule is CSCCC(NC(=O)C(CC(C)C)NC(=O)C(CC(=O)O)NC(=O)C(N)Cc1cnc[nH]1)C(=O)O. The second kappa shape index (κ2) is 15.0. The number of carboxylic acids is 2. The van der Waals surface area contributed by atoms with Gasteiger partial charge in [0.15, 0.2) is 0 Å². The van der Waals surface area contributed by atoms with Crippen LogP contribution in [0.15, 0.2) is 12.5 Å². The van der Waals surface area contributed by atoms with E-state index in [1.807, 2.05) is 0 Å². The molecule has 1 heterocycles. The van der Waals surface area contributed by atoms with E-state index in [1.165, 1.54) is 24.3 Å². The number of nitrogens with zero attached hydrogens (tertiary/aromatic N) is 1. The van der Waals surface area contributed by atoms with Crippen LogP contribution in [0.25, 0.3) is 0 Å². The van der Waals surface area contributed by atoms with E-state index in [1.54, 1.807) is 20.1 Å². The number of hydrogen-bond donors (Lipinski definition) is 7. The highest BCUT2D eigenvalue weighted by molar-refractivity contribution is 7.98. The summed E-state index contributed by atoms with van der Waals surface area (Å²) in [6, 6.07) is -4.86. The molecule has 0 bridgehead atoms. The number of imidazole rings is 1. The van der Waals surface area contributed by atoms with Gasteiger partial charge in [-0.2, -0.15) is 11.8 Å². The Hall–Kier alpha value is -3.13. The van der Waals surface area contributed by atoms with E-state index >= 15 is 0 Å². The van der Waals surface area contributed by atoms with E-state index in [-0.39, 0.29) is 25.2 Å². The molecule has 35 heavy (non-hydrogen) atoms. The van der Waals surface area contributed by atoms with Crippen LogP contribution in [0, 0.1) is 5.92 Å². The summed E-state index contributed by atoms with van der Waals surface area (Å²) in [7, 11) is 0. The lowest BCUT2D eigenvalue weighted by atomic mass is 10.0. The van der Waals surface area contributed by atoms with Crippen molar-refractivity contribution in [3.05, 3.63) is 18.2 Å². The fourth-order valence-corrected chi connectivity index (χ4v) is 3.60. The first kappa shape index (κ1) is 29.9. The molecule has 196 valence electrons. The van der Waals surface area contributed by atoms with Gasteiger partial charge in [0, 0.05) is 18.3 Å². The second-order valence-corrected chi connectivity index (χ2v) is 9.40. The van der Waals surface area contributed by atoms with E-state index in [0.29, 0.717) is 11.4 Å². The quantitative estimate of drug-likeness (QED) is 0.144. The van der Waals surface area contributed by atoms with Gasteiger partial charge in [0.1, 0.15) is 18.1 Å². The predicted octanol–water partition coefficient (Wildman–Crippen LogP) is -0.908. The number of nitrogens with one attached hydrogen (secondary N) is 4.